The van der Waals surface area contributed by atoms with E-state index in [1.807, 2.05) is 19.9 Å². The zero-order valence-electron chi connectivity index (χ0n) is 19.2. The van der Waals surface area contributed by atoms with Crippen LogP contribution in [0, 0.1) is 0 Å². The zero-order valence-corrected chi connectivity index (χ0v) is 19.2. The number of esters is 1. The van der Waals surface area contributed by atoms with Crippen molar-refractivity contribution in [1.29, 1.82) is 0 Å². The maximum absolute atomic E-state index is 11.6. The van der Waals surface area contributed by atoms with Crippen molar-refractivity contribution >= 4 is 11.9 Å². The number of ether oxygens (including phenoxy) is 1. The molecule has 0 aliphatic heterocycles. The molecule has 0 fully saturated rings. The molecule has 0 aliphatic rings. The molecule has 0 amide bonds. The number of rotatable bonds is 14. The monoisotopic (exact) mass is 418 g/mol. The van der Waals surface area contributed by atoms with Gasteiger partial charge in [0.2, 0.25) is 0 Å². The van der Waals surface area contributed by atoms with E-state index < -0.39 is 11.9 Å². The average Bonchev–Trinajstić information content (AvgIpc) is 2.67. The number of carboxylic acid groups (broad SMARTS) is 1. The number of aliphatic hydroxyl groups excluding tert-OH is 1. The molecule has 5 nitrogen and oxygen atoms in total. The Morgan fingerprint density at radius 1 is 0.733 bits per heavy atom. The molecule has 0 aromatic rings. The van der Waals surface area contributed by atoms with Crippen LogP contribution in [0.5, 0.6) is 0 Å². The summed E-state index contributed by atoms with van der Waals surface area (Å²) in [4.78, 5) is 22.1. The number of carbonyl (C=O) groups excluding carboxylic acids is 1. The van der Waals surface area contributed by atoms with Gasteiger partial charge in [-0.05, 0) is 79.2 Å². The van der Waals surface area contributed by atoms with E-state index in [4.69, 9.17) is 14.9 Å². The molecule has 0 saturated carbocycles. The van der Waals surface area contributed by atoms with Crippen LogP contribution in [-0.4, -0.2) is 35.4 Å². The van der Waals surface area contributed by atoms with Crippen LogP contribution in [0.15, 0.2) is 58.2 Å². The number of aliphatic carboxylic acids is 1. The SMILES string of the molecule is CC(=CCCC(C)=CCCC(C)=CCCC(C)=CCOC(=O)C(C)=CC(=O)O)CO. The van der Waals surface area contributed by atoms with Crippen LogP contribution < -0.4 is 0 Å². The van der Waals surface area contributed by atoms with Gasteiger partial charge in [-0.15, -0.1) is 0 Å². The molecule has 0 aliphatic carbocycles. The summed E-state index contributed by atoms with van der Waals surface area (Å²) >= 11 is 0. The Bertz CT molecular complexity index is 705. The normalized spacial score (nSPS) is 14.1. The highest BCUT2D eigenvalue weighted by Gasteiger charge is 2.06. The van der Waals surface area contributed by atoms with Gasteiger partial charge >= 0.3 is 11.9 Å². The molecule has 5 heteroatoms. The Labute approximate surface area is 181 Å². The second-order valence-corrected chi connectivity index (χ2v) is 7.74. The molecule has 2 N–H and O–H groups in total. The second kappa shape index (κ2) is 16.4. The fraction of sp³-hybridized carbons (Fsp3) is 0.520. The Balaban J connectivity index is 4.18. The molecule has 0 bridgehead atoms. The number of carboxylic acids is 1. The van der Waals surface area contributed by atoms with Crippen LogP contribution in [0.2, 0.25) is 0 Å². The molecule has 0 aromatic heterocycles. The van der Waals surface area contributed by atoms with Crippen LogP contribution in [0.4, 0.5) is 0 Å². The first kappa shape index (κ1) is 27.6. The van der Waals surface area contributed by atoms with E-state index >= 15 is 0 Å². The highest BCUT2D eigenvalue weighted by Crippen LogP contribution is 2.13. The maximum Gasteiger partial charge on any atom is 0.334 e. The van der Waals surface area contributed by atoms with Crippen LogP contribution >= 0.6 is 0 Å². The van der Waals surface area contributed by atoms with Gasteiger partial charge in [-0.1, -0.05) is 40.5 Å². The summed E-state index contributed by atoms with van der Waals surface area (Å²) in [7, 11) is 0. The second-order valence-electron chi connectivity index (χ2n) is 7.74. The molecular formula is C25H38O5. The first-order valence-electron chi connectivity index (χ1n) is 10.5. The predicted molar refractivity (Wildman–Crippen MR) is 122 cm³/mol. The predicted octanol–water partition coefficient (Wildman–Crippen LogP) is 5.68. The van der Waals surface area contributed by atoms with Gasteiger partial charge in [-0.2, -0.15) is 0 Å². The van der Waals surface area contributed by atoms with Crippen LogP contribution in [0.3, 0.4) is 0 Å². The third-order valence-electron chi connectivity index (χ3n) is 4.65. The number of aliphatic hydroxyl groups is 1. The first-order valence-corrected chi connectivity index (χ1v) is 10.5. The quantitative estimate of drug-likeness (QED) is 0.215. The number of hydrogen-bond donors (Lipinski definition) is 2. The molecule has 0 atom stereocenters. The topological polar surface area (TPSA) is 83.8 Å². The average molecular weight is 419 g/mol. The summed E-state index contributed by atoms with van der Waals surface area (Å²) in [5, 5.41) is 17.6. The largest absolute Gasteiger partial charge is 0.478 e. The number of hydrogen-bond acceptors (Lipinski definition) is 4. The lowest BCUT2D eigenvalue weighted by molar-refractivity contribution is -0.138. The van der Waals surface area contributed by atoms with E-state index in [2.05, 4.69) is 32.1 Å². The van der Waals surface area contributed by atoms with E-state index in [0.29, 0.717) is 0 Å². The van der Waals surface area contributed by atoms with Crippen molar-refractivity contribution in [3.05, 3.63) is 58.2 Å². The smallest absolute Gasteiger partial charge is 0.334 e. The minimum atomic E-state index is -1.16. The summed E-state index contributed by atoms with van der Waals surface area (Å²) in [6.45, 7) is 9.95. The number of allylic oxidation sites excluding steroid dienone is 6. The van der Waals surface area contributed by atoms with Gasteiger partial charge in [0, 0.05) is 11.6 Å². The molecule has 0 radical (unpaired) electrons. The molecule has 0 heterocycles. The summed E-state index contributed by atoms with van der Waals surface area (Å²) in [5.41, 5.74) is 4.98. The number of carbonyl (C=O) groups is 2. The summed E-state index contributed by atoms with van der Waals surface area (Å²) in [6.07, 6.45) is 15.2. The van der Waals surface area contributed by atoms with Crippen molar-refractivity contribution in [2.45, 2.75) is 73.1 Å². The fourth-order valence-corrected chi connectivity index (χ4v) is 2.63. The van der Waals surface area contributed by atoms with E-state index in [1.54, 1.807) is 0 Å². The fourth-order valence-electron chi connectivity index (χ4n) is 2.63. The maximum atomic E-state index is 11.6. The molecule has 30 heavy (non-hydrogen) atoms. The summed E-state index contributed by atoms with van der Waals surface area (Å²) < 4.78 is 5.04. The molecule has 0 saturated heterocycles. The van der Waals surface area contributed by atoms with Crippen molar-refractivity contribution < 1.29 is 24.5 Å². The van der Waals surface area contributed by atoms with E-state index in [0.717, 1.165) is 55.7 Å². The molecular weight excluding hydrogens is 380 g/mol. The van der Waals surface area contributed by atoms with E-state index in [-0.39, 0.29) is 18.8 Å². The van der Waals surface area contributed by atoms with Crippen molar-refractivity contribution in [3.63, 3.8) is 0 Å². The Kier molecular flexibility index (Phi) is 15.1. The van der Waals surface area contributed by atoms with Crippen molar-refractivity contribution in [2.75, 3.05) is 13.2 Å². The van der Waals surface area contributed by atoms with Crippen molar-refractivity contribution in [1.82, 2.24) is 0 Å². The Hall–Kier alpha value is -2.40. The lowest BCUT2D eigenvalue weighted by Gasteiger charge is -2.04. The Morgan fingerprint density at radius 3 is 1.60 bits per heavy atom. The van der Waals surface area contributed by atoms with Crippen molar-refractivity contribution in [3.8, 4) is 0 Å². The Morgan fingerprint density at radius 2 is 1.17 bits per heavy atom. The molecule has 0 unspecified atom stereocenters. The summed E-state index contributed by atoms with van der Waals surface area (Å²) in [6, 6.07) is 0. The van der Waals surface area contributed by atoms with E-state index in [9.17, 15) is 9.59 Å². The van der Waals surface area contributed by atoms with Gasteiger partial charge in [-0.25, -0.2) is 9.59 Å². The third kappa shape index (κ3) is 15.5. The highest BCUT2D eigenvalue weighted by atomic mass is 16.5. The van der Waals surface area contributed by atoms with E-state index in [1.165, 1.54) is 18.1 Å². The molecule has 168 valence electrons. The van der Waals surface area contributed by atoms with Crippen LogP contribution in [-0.2, 0) is 14.3 Å². The van der Waals surface area contributed by atoms with Crippen molar-refractivity contribution in [2.24, 2.45) is 0 Å². The van der Waals surface area contributed by atoms with Gasteiger partial charge in [0.05, 0.1) is 6.61 Å². The van der Waals surface area contributed by atoms with Gasteiger partial charge in [0.1, 0.15) is 6.61 Å². The first-order chi connectivity index (χ1) is 14.1. The van der Waals surface area contributed by atoms with Crippen LogP contribution in [0.1, 0.15) is 73.1 Å². The van der Waals surface area contributed by atoms with Gasteiger partial charge < -0.3 is 14.9 Å². The minimum Gasteiger partial charge on any atom is -0.478 e. The van der Waals surface area contributed by atoms with Crippen LogP contribution in [0.25, 0.3) is 0 Å². The van der Waals surface area contributed by atoms with Gasteiger partial charge in [0.15, 0.2) is 0 Å². The van der Waals surface area contributed by atoms with Gasteiger partial charge in [-0.3, -0.25) is 0 Å². The third-order valence-corrected chi connectivity index (χ3v) is 4.65. The lowest BCUT2D eigenvalue weighted by Crippen LogP contribution is -2.07. The summed E-state index contributed by atoms with van der Waals surface area (Å²) in [5.74, 6) is -1.77. The molecule has 0 rings (SSSR count). The molecule has 0 aromatic carbocycles. The lowest BCUT2D eigenvalue weighted by atomic mass is 10.0. The molecule has 0 spiro atoms. The zero-order chi connectivity index (χ0) is 22.9. The minimum absolute atomic E-state index is 0.0770. The highest BCUT2D eigenvalue weighted by molar-refractivity contribution is 5.95. The van der Waals surface area contributed by atoms with Gasteiger partial charge in [0.25, 0.3) is 0 Å². The standard InChI is InChI=1S/C25H38O5/c1-19(9-6-10-20(2)12-8-14-22(4)18-26)11-7-13-21(3)15-16-30-25(29)23(5)17-24(27)28/h10-11,14-15,17,26H,6-9,12-13,16,18H2,1-5H3,(H,27,28).